The summed E-state index contributed by atoms with van der Waals surface area (Å²) in [5.41, 5.74) is 1.27. The molecule has 3 aromatic rings. The van der Waals surface area contributed by atoms with E-state index < -0.39 is 0 Å². The van der Waals surface area contributed by atoms with E-state index in [1.165, 1.54) is 21.5 Å². The zero-order chi connectivity index (χ0) is 21.1. The summed E-state index contributed by atoms with van der Waals surface area (Å²) in [6, 6.07) is 11.9. The molecular weight excluding hydrogens is 398 g/mol. The quantitative estimate of drug-likeness (QED) is 0.634. The van der Waals surface area contributed by atoms with E-state index in [1.54, 1.807) is 6.07 Å². The van der Waals surface area contributed by atoms with Crippen LogP contribution in [0.3, 0.4) is 0 Å². The first-order valence-corrected chi connectivity index (χ1v) is 11.4. The van der Waals surface area contributed by atoms with Crippen molar-refractivity contribution in [3.63, 3.8) is 0 Å². The summed E-state index contributed by atoms with van der Waals surface area (Å²) < 4.78 is 1.92. The highest BCUT2D eigenvalue weighted by atomic mass is 32.1. The minimum atomic E-state index is -0.347. The molecule has 0 aliphatic heterocycles. The molecule has 1 fully saturated rings. The van der Waals surface area contributed by atoms with Gasteiger partial charge in [0.25, 0.3) is 5.56 Å². The van der Waals surface area contributed by atoms with Crippen LogP contribution in [0.2, 0.25) is 0 Å². The molecule has 0 saturated heterocycles. The number of fused-ring (bicyclic) bond motifs is 1. The van der Waals surface area contributed by atoms with E-state index in [0.717, 1.165) is 25.7 Å². The molecular formula is C23H27N3O3S. The summed E-state index contributed by atoms with van der Waals surface area (Å²) in [7, 11) is 0. The summed E-state index contributed by atoms with van der Waals surface area (Å²) in [5, 5.41) is 4.92. The van der Waals surface area contributed by atoms with Crippen molar-refractivity contribution in [2.45, 2.75) is 45.1 Å². The summed E-state index contributed by atoms with van der Waals surface area (Å²) in [6.45, 7) is 3.17. The standard InChI is InChI=1S/C23H27N3O3S/c1-15(17-5-3-2-4-6-17)13-24-21(27)18-9-7-16(8-10-18)14-26-22(28)20-19(11-12-30-20)25-23(26)29/h2-6,11-12,15-16,18H,7-10,13-14H2,1H3,(H,24,27)(H,25,29)/t15-,16?,18?/m0/s1. The normalized spacial score (nSPS) is 20.2. The van der Waals surface area contributed by atoms with Crippen LogP contribution in [-0.2, 0) is 11.3 Å². The van der Waals surface area contributed by atoms with Crippen molar-refractivity contribution in [1.82, 2.24) is 14.9 Å². The van der Waals surface area contributed by atoms with Crippen LogP contribution in [0.4, 0.5) is 0 Å². The van der Waals surface area contributed by atoms with E-state index >= 15 is 0 Å². The Morgan fingerprint density at radius 3 is 2.63 bits per heavy atom. The lowest BCUT2D eigenvalue weighted by Crippen LogP contribution is -2.39. The number of aromatic amines is 1. The third-order valence-corrected chi connectivity index (χ3v) is 7.10. The smallest absolute Gasteiger partial charge is 0.328 e. The number of amides is 1. The van der Waals surface area contributed by atoms with E-state index in [9.17, 15) is 14.4 Å². The average molecular weight is 426 g/mol. The molecule has 7 heteroatoms. The van der Waals surface area contributed by atoms with Crippen molar-refractivity contribution < 1.29 is 4.79 Å². The molecule has 158 valence electrons. The predicted octanol–water partition coefficient (Wildman–Crippen LogP) is 3.48. The number of carbonyl (C=O) groups is 1. The monoisotopic (exact) mass is 425 g/mol. The molecule has 1 saturated carbocycles. The van der Waals surface area contributed by atoms with Gasteiger partial charge in [-0.25, -0.2) is 4.79 Å². The third kappa shape index (κ3) is 4.41. The molecule has 1 aliphatic carbocycles. The first-order valence-electron chi connectivity index (χ1n) is 10.6. The lowest BCUT2D eigenvalue weighted by molar-refractivity contribution is -0.126. The van der Waals surface area contributed by atoms with Crippen LogP contribution >= 0.6 is 11.3 Å². The fourth-order valence-electron chi connectivity index (χ4n) is 4.30. The van der Waals surface area contributed by atoms with Gasteiger partial charge in [0.2, 0.25) is 5.91 Å². The number of aromatic nitrogens is 2. The number of H-pyrrole nitrogens is 1. The van der Waals surface area contributed by atoms with E-state index in [1.807, 2.05) is 23.6 Å². The second-order valence-corrected chi connectivity index (χ2v) is 9.20. The Bertz CT molecular complexity index is 1120. The van der Waals surface area contributed by atoms with Gasteiger partial charge in [-0.15, -0.1) is 11.3 Å². The van der Waals surface area contributed by atoms with Gasteiger partial charge in [-0.05, 0) is 54.5 Å². The van der Waals surface area contributed by atoms with Crippen LogP contribution in [0.5, 0.6) is 0 Å². The molecule has 4 rings (SSSR count). The van der Waals surface area contributed by atoms with Gasteiger partial charge in [0.05, 0.1) is 5.52 Å². The molecule has 2 N–H and O–H groups in total. The van der Waals surface area contributed by atoms with Gasteiger partial charge in [0.1, 0.15) is 4.70 Å². The van der Waals surface area contributed by atoms with E-state index in [4.69, 9.17) is 0 Å². The predicted molar refractivity (Wildman–Crippen MR) is 120 cm³/mol. The zero-order valence-corrected chi connectivity index (χ0v) is 17.9. The van der Waals surface area contributed by atoms with Gasteiger partial charge < -0.3 is 10.3 Å². The Morgan fingerprint density at radius 2 is 1.90 bits per heavy atom. The molecule has 0 spiro atoms. The molecule has 0 bridgehead atoms. The zero-order valence-electron chi connectivity index (χ0n) is 17.1. The minimum absolute atomic E-state index is 0.0130. The first-order chi connectivity index (χ1) is 14.5. The van der Waals surface area contributed by atoms with Crippen LogP contribution in [0.25, 0.3) is 10.2 Å². The SMILES string of the molecule is C[C@@H](CNC(=O)C1CCC(Cn2c(=O)[nH]c3ccsc3c2=O)CC1)c1ccccc1. The number of nitrogens with one attached hydrogen (secondary N) is 2. The van der Waals surface area contributed by atoms with E-state index in [-0.39, 0.29) is 34.9 Å². The lowest BCUT2D eigenvalue weighted by atomic mass is 9.81. The Kier molecular flexibility index (Phi) is 6.18. The summed E-state index contributed by atoms with van der Waals surface area (Å²) in [6.07, 6.45) is 3.29. The van der Waals surface area contributed by atoms with Crippen molar-refractivity contribution in [3.05, 3.63) is 68.2 Å². The fourth-order valence-corrected chi connectivity index (χ4v) is 5.10. The maximum absolute atomic E-state index is 12.6. The Hall–Kier alpha value is -2.67. The molecule has 0 radical (unpaired) electrons. The number of hydrogen-bond acceptors (Lipinski definition) is 4. The van der Waals surface area contributed by atoms with Crippen molar-refractivity contribution in [1.29, 1.82) is 0 Å². The summed E-state index contributed by atoms with van der Waals surface area (Å²) in [4.78, 5) is 40.3. The highest BCUT2D eigenvalue weighted by molar-refractivity contribution is 7.17. The number of rotatable bonds is 6. The number of nitrogens with zero attached hydrogens (tertiary/aromatic N) is 1. The van der Waals surface area contributed by atoms with Gasteiger partial charge in [0.15, 0.2) is 0 Å². The molecule has 1 aromatic carbocycles. The molecule has 1 atom stereocenters. The molecule has 30 heavy (non-hydrogen) atoms. The van der Waals surface area contributed by atoms with Gasteiger partial charge in [-0.1, -0.05) is 37.3 Å². The molecule has 0 unspecified atom stereocenters. The average Bonchev–Trinajstić information content (AvgIpc) is 3.24. The van der Waals surface area contributed by atoms with Crippen molar-refractivity contribution in [2.75, 3.05) is 6.54 Å². The highest BCUT2D eigenvalue weighted by Gasteiger charge is 2.27. The third-order valence-electron chi connectivity index (χ3n) is 6.20. The minimum Gasteiger partial charge on any atom is -0.355 e. The van der Waals surface area contributed by atoms with Crippen molar-refractivity contribution in [2.24, 2.45) is 11.8 Å². The maximum Gasteiger partial charge on any atom is 0.328 e. The second kappa shape index (κ2) is 9.00. The highest BCUT2D eigenvalue weighted by Crippen LogP contribution is 2.30. The van der Waals surface area contributed by atoms with Crippen molar-refractivity contribution in [3.8, 4) is 0 Å². The van der Waals surface area contributed by atoms with Crippen LogP contribution in [-0.4, -0.2) is 22.0 Å². The fraction of sp³-hybridized carbons (Fsp3) is 0.435. The van der Waals surface area contributed by atoms with Crippen LogP contribution in [0, 0.1) is 11.8 Å². The molecule has 6 nitrogen and oxygen atoms in total. The molecule has 1 aliphatic rings. The molecule has 2 heterocycles. The molecule has 2 aromatic heterocycles. The Labute approximate surface area is 179 Å². The number of benzene rings is 1. The maximum atomic E-state index is 12.6. The van der Waals surface area contributed by atoms with Gasteiger partial charge in [-0.2, -0.15) is 0 Å². The number of carbonyl (C=O) groups excluding carboxylic acids is 1. The first kappa shape index (κ1) is 20.6. The van der Waals surface area contributed by atoms with Crippen molar-refractivity contribution >= 4 is 27.5 Å². The Balaban J connectivity index is 1.30. The number of hydrogen-bond donors (Lipinski definition) is 2. The largest absolute Gasteiger partial charge is 0.355 e. The lowest BCUT2D eigenvalue weighted by Gasteiger charge is -2.28. The summed E-state index contributed by atoms with van der Waals surface area (Å²) in [5.74, 6) is 0.649. The topological polar surface area (TPSA) is 84.0 Å². The number of thiophene rings is 1. The summed E-state index contributed by atoms with van der Waals surface area (Å²) >= 11 is 1.35. The Morgan fingerprint density at radius 1 is 1.17 bits per heavy atom. The van der Waals surface area contributed by atoms with Gasteiger partial charge in [0, 0.05) is 19.0 Å². The van der Waals surface area contributed by atoms with Crippen LogP contribution < -0.4 is 16.6 Å². The van der Waals surface area contributed by atoms with Gasteiger partial charge in [-0.3, -0.25) is 14.2 Å². The molecule has 1 amide bonds. The van der Waals surface area contributed by atoms with E-state index in [0.29, 0.717) is 23.3 Å². The second-order valence-electron chi connectivity index (χ2n) is 8.28. The van der Waals surface area contributed by atoms with E-state index in [2.05, 4.69) is 29.4 Å². The van der Waals surface area contributed by atoms with Crippen LogP contribution in [0.1, 0.15) is 44.1 Å². The van der Waals surface area contributed by atoms with Crippen LogP contribution in [0.15, 0.2) is 51.4 Å². The van der Waals surface area contributed by atoms with Gasteiger partial charge >= 0.3 is 5.69 Å².